The molecule has 0 saturated carbocycles. The first-order chi connectivity index (χ1) is 15.2. The van der Waals surface area contributed by atoms with E-state index in [2.05, 4.69) is 5.32 Å². The molecule has 2 aromatic rings. The number of ether oxygens (including phenoxy) is 2. The van der Waals surface area contributed by atoms with E-state index in [9.17, 15) is 4.79 Å². The predicted molar refractivity (Wildman–Crippen MR) is 126 cm³/mol. The molecule has 1 aliphatic heterocycles. The molecule has 170 valence electrons. The summed E-state index contributed by atoms with van der Waals surface area (Å²) in [6.45, 7) is 11.0. The summed E-state index contributed by atoms with van der Waals surface area (Å²) < 4.78 is 23.3. The number of hydrogen-bond acceptors (Lipinski definition) is 5. The van der Waals surface area contributed by atoms with Crippen LogP contribution in [0.2, 0.25) is 0 Å². The molecule has 0 atom stereocenters. The lowest BCUT2D eigenvalue weighted by Crippen LogP contribution is -2.41. The van der Waals surface area contributed by atoms with E-state index in [4.69, 9.17) is 18.8 Å². The molecule has 6 nitrogen and oxygen atoms in total. The Morgan fingerprint density at radius 2 is 1.62 bits per heavy atom. The molecule has 1 amide bonds. The zero-order valence-electron chi connectivity index (χ0n) is 19.5. The molecule has 3 rings (SSSR count). The lowest BCUT2D eigenvalue weighted by molar-refractivity contribution is 0.00578. The largest absolute Gasteiger partial charge is 0.494 e. The first kappa shape index (κ1) is 23.9. The summed E-state index contributed by atoms with van der Waals surface area (Å²) in [5, 5.41) is 2.82. The van der Waals surface area contributed by atoms with Crippen LogP contribution in [0, 0.1) is 0 Å². The highest BCUT2D eigenvalue weighted by molar-refractivity contribution is 6.56. The molecule has 1 aliphatic rings. The van der Waals surface area contributed by atoms with Crippen molar-refractivity contribution in [2.24, 2.45) is 0 Å². The molecule has 0 aromatic heterocycles. The second kappa shape index (κ2) is 10.2. The Kier molecular flexibility index (Phi) is 7.64. The highest BCUT2D eigenvalue weighted by atomic mass is 16.7. The van der Waals surface area contributed by atoms with Gasteiger partial charge >= 0.3 is 13.2 Å². The van der Waals surface area contributed by atoms with E-state index in [1.54, 1.807) is 0 Å². The van der Waals surface area contributed by atoms with Gasteiger partial charge < -0.3 is 24.1 Å². The number of alkyl carbamates (subject to hydrolysis) is 1. The lowest BCUT2D eigenvalue weighted by atomic mass is 9.77. The average Bonchev–Trinajstić information content (AvgIpc) is 2.98. The first-order valence-corrected chi connectivity index (χ1v) is 10.9. The Bertz CT molecular complexity index is 909. The molecule has 1 heterocycles. The van der Waals surface area contributed by atoms with Crippen LogP contribution in [0.3, 0.4) is 0 Å². The van der Waals surface area contributed by atoms with Crippen LogP contribution in [0.4, 0.5) is 4.79 Å². The van der Waals surface area contributed by atoms with Crippen LogP contribution in [0.5, 0.6) is 5.75 Å². The quantitative estimate of drug-likeness (QED) is 0.587. The van der Waals surface area contributed by atoms with Crippen molar-refractivity contribution < 1.29 is 23.6 Å². The highest BCUT2D eigenvalue weighted by Gasteiger charge is 2.52. The molecule has 32 heavy (non-hydrogen) atoms. The number of rotatable bonds is 8. The van der Waals surface area contributed by atoms with Crippen LogP contribution < -0.4 is 10.1 Å². The fraction of sp³-hybridized carbons (Fsp3) is 0.400. The SMILES string of the molecule is CCOc1ccc(C=C(CNC(=O)OCc2ccccc2)B2OC(C)(C)C(C)(C)O2)cc1. The van der Waals surface area contributed by atoms with E-state index in [1.807, 2.05) is 95.3 Å². The van der Waals surface area contributed by atoms with Crippen LogP contribution in [0.1, 0.15) is 45.7 Å². The van der Waals surface area contributed by atoms with Gasteiger partial charge in [-0.25, -0.2) is 4.79 Å². The van der Waals surface area contributed by atoms with Gasteiger partial charge in [0.1, 0.15) is 12.4 Å². The Labute approximate surface area is 191 Å². The number of nitrogens with one attached hydrogen (secondary N) is 1. The Hall–Kier alpha value is -2.77. The van der Waals surface area contributed by atoms with Crippen molar-refractivity contribution in [2.75, 3.05) is 13.2 Å². The summed E-state index contributed by atoms with van der Waals surface area (Å²) in [5.74, 6) is 0.810. The number of carbonyl (C=O) groups excluding carboxylic acids is 1. The number of amides is 1. The molecular formula is C25H32BNO5. The second-order valence-corrected chi connectivity index (χ2v) is 8.72. The maximum atomic E-state index is 12.3. The minimum absolute atomic E-state index is 0.209. The van der Waals surface area contributed by atoms with Crippen LogP contribution in [-0.4, -0.2) is 37.6 Å². The zero-order valence-corrected chi connectivity index (χ0v) is 19.5. The minimum Gasteiger partial charge on any atom is -0.494 e. The summed E-state index contributed by atoms with van der Waals surface area (Å²) in [7, 11) is -0.582. The minimum atomic E-state index is -0.582. The summed E-state index contributed by atoms with van der Waals surface area (Å²) in [6.07, 6.45) is 1.47. The molecule has 0 unspecified atom stereocenters. The average molecular weight is 437 g/mol. The third-order valence-corrected chi connectivity index (χ3v) is 5.75. The lowest BCUT2D eigenvalue weighted by Gasteiger charge is -2.32. The van der Waals surface area contributed by atoms with Gasteiger partial charge in [0.15, 0.2) is 0 Å². The van der Waals surface area contributed by atoms with Crippen molar-refractivity contribution in [3.05, 3.63) is 71.2 Å². The molecule has 2 aromatic carbocycles. The van der Waals surface area contributed by atoms with Gasteiger partial charge in [0.2, 0.25) is 0 Å². The van der Waals surface area contributed by atoms with Gasteiger partial charge in [0, 0.05) is 6.54 Å². The molecule has 7 heteroatoms. The molecule has 0 bridgehead atoms. The van der Waals surface area contributed by atoms with E-state index in [-0.39, 0.29) is 13.2 Å². The van der Waals surface area contributed by atoms with Gasteiger partial charge in [-0.1, -0.05) is 48.5 Å². The van der Waals surface area contributed by atoms with Gasteiger partial charge in [-0.3, -0.25) is 0 Å². The summed E-state index contributed by atoms with van der Waals surface area (Å²) >= 11 is 0. The van der Waals surface area contributed by atoms with Crippen molar-refractivity contribution in [2.45, 2.75) is 52.4 Å². The molecule has 1 fully saturated rings. The van der Waals surface area contributed by atoms with Gasteiger partial charge in [-0.15, -0.1) is 0 Å². The van der Waals surface area contributed by atoms with E-state index >= 15 is 0 Å². The Morgan fingerprint density at radius 3 is 2.22 bits per heavy atom. The topological polar surface area (TPSA) is 66.0 Å². The van der Waals surface area contributed by atoms with E-state index in [0.717, 1.165) is 22.3 Å². The van der Waals surface area contributed by atoms with Crippen LogP contribution in [0.15, 0.2) is 60.1 Å². The Balaban J connectivity index is 1.71. The summed E-state index contributed by atoms with van der Waals surface area (Å²) in [4.78, 5) is 12.3. The van der Waals surface area contributed by atoms with Gasteiger partial charge in [-0.05, 0) is 63.4 Å². The number of benzene rings is 2. The maximum absolute atomic E-state index is 12.3. The number of hydrogen-bond donors (Lipinski definition) is 1. The standard InChI is InChI=1S/C25H32BNO5/c1-6-29-22-14-12-19(13-15-22)16-21(26-31-24(2,3)25(4,5)32-26)17-27-23(28)30-18-20-10-8-7-9-11-20/h7-16H,6,17-18H2,1-5H3,(H,27,28). The van der Waals surface area contributed by atoms with Gasteiger partial charge in [-0.2, -0.15) is 0 Å². The molecule has 0 aliphatic carbocycles. The smallest absolute Gasteiger partial charge is 0.492 e. The Morgan fingerprint density at radius 1 is 1.00 bits per heavy atom. The predicted octanol–water partition coefficient (Wildman–Crippen LogP) is 5.03. The van der Waals surface area contributed by atoms with Crippen molar-refractivity contribution in [3.8, 4) is 5.75 Å². The van der Waals surface area contributed by atoms with Crippen molar-refractivity contribution >= 4 is 19.3 Å². The summed E-state index contributed by atoms with van der Waals surface area (Å²) in [5.41, 5.74) is 1.72. The normalized spacial score (nSPS) is 17.2. The fourth-order valence-corrected chi connectivity index (χ4v) is 3.19. The fourth-order valence-electron chi connectivity index (χ4n) is 3.19. The summed E-state index contributed by atoms with van der Waals surface area (Å²) in [6, 6.07) is 17.3. The van der Waals surface area contributed by atoms with Crippen molar-refractivity contribution in [3.63, 3.8) is 0 Å². The monoisotopic (exact) mass is 437 g/mol. The maximum Gasteiger partial charge on any atom is 0.492 e. The van der Waals surface area contributed by atoms with E-state index in [1.165, 1.54) is 0 Å². The third kappa shape index (κ3) is 6.14. The highest BCUT2D eigenvalue weighted by Crippen LogP contribution is 2.38. The van der Waals surface area contributed by atoms with Gasteiger partial charge in [0.05, 0.1) is 17.8 Å². The van der Waals surface area contributed by atoms with E-state index in [0.29, 0.717) is 6.61 Å². The number of carbonyl (C=O) groups is 1. The van der Waals surface area contributed by atoms with Gasteiger partial charge in [0.25, 0.3) is 0 Å². The molecule has 1 saturated heterocycles. The molecular weight excluding hydrogens is 405 g/mol. The van der Waals surface area contributed by atoms with Crippen LogP contribution >= 0.6 is 0 Å². The first-order valence-electron chi connectivity index (χ1n) is 10.9. The molecule has 0 radical (unpaired) electrons. The molecule has 1 N–H and O–H groups in total. The van der Waals surface area contributed by atoms with Crippen LogP contribution in [0.25, 0.3) is 6.08 Å². The van der Waals surface area contributed by atoms with Crippen molar-refractivity contribution in [1.29, 1.82) is 0 Å². The third-order valence-electron chi connectivity index (χ3n) is 5.75. The second-order valence-electron chi connectivity index (χ2n) is 8.72. The zero-order chi connectivity index (χ0) is 23.2. The molecule has 0 spiro atoms. The van der Waals surface area contributed by atoms with Crippen LogP contribution in [-0.2, 0) is 20.7 Å². The van der Waals surface area contributed by atoms with E-state index < -0.39 is 24.4 Å². The van der Waals surface area contributed by atoms with Crippen molar-refractivity contribution in [1.82, 2.24) is 5.32 Å².